The van der Waals surface area contributed by atoms with Crippen LogP contribution in [0, 0.1) is 22.7 Å². The molecule has 0 N–H and O–H groups in total. The minimum atomic E-state index is -4.86. The van der Waals surface area contributed by atoms with E-state index in [9.17, 15) is 65.9 Å². The van der Waals surface area contributed by atoms with Gasteiger partial charge < -0.3 is 0 Å². The van der Waals surface area contributed by atoms with Gasteiger partial charge in [-0.2, -0.15) is 78.0 Å². The second-order valence-electron chi connectivity index (χ2n) is 20.1. The Balaban J connectivity index is 0.000000178. The summed E-state index contributed by atoms with van der Waals surface area (Å²) >= 11 is -0.826. The van der Waals surface area contributed by atoms with Crippen LogP contribution in [0.5, 0.6) is 0 Å². The summed E-state index contributed by atoms with van der Waals surface area (Å²) in [6.45, 7) is 1.77. The van der Waals surface area contributed by atoms with Gasteiger partial charge in [0.1, 0.15) is 0 Å². The second-order valence-corrected chi connectivity index (χ2v) is 25.1. The number of hydrogen-bond acceptors (Lipinski definition) is 0. The quantitative estimate of drug-likeness (QED) is 0.0809. The Labute approximate surface area is 434 Å². The van der Waals surface area contributed by atoms with Gasteiger partial charge in [0.25, 0.3) is 0 Å². The molecule has 0 amide bonds. The van der Waals surface area contributed by atoms with E-state index in [2.05, 4.69) is 0 Å². The zero-order chi connectivity index (χ0) is 53.4. The van der Waals surface area contributed by atoms with E-state index >= 15 is 0 Å². The van der Waals surface area contributed by atoms with E-state index in [1.54, 1.807) is 30.8 Å². The van der Waals surface area contributed by atoms with Crippen LogP contribution in [0.3, 0.4) is 0 Å². The van der Waals surface area contributed by atoms with Gasteiger partial charge in [-0.1, -0.05) is 35.9 Å². The number of fused-ring (bicyclic) bond motifs is 6. The predicted molar refractivity (Wildman–Crippen MR) is 254 cm³/mol. The van der Waals surface area contributed by atoms with Crippen molar-refractivity contribution in [2.45, 2.75) is 127 Å². The van der Waals surface area contributed by atoms with E-state index in [4.69, 9.17) is 17.0 Å². The van der Waals surface area contributed by atoms with Crippen LogP contribution >= 0.6 is 17.0 Å². The average molecular weight is 1170 g/mol. The summed E-state index contributed by atoms with van der Waals surface area (Å²) in [6.07, 6.45) is -9.85. The minimum absolute atomic E-state index is 0.0649. The van der Waals surface area contributed by atoms with Gasteiger partial charge in [0.05, 0.1) is 22.3 Å². The maximum absolute atomic E-state index is 13.3. The molecule has 4 aliphatic carbocycles. The molecule has 19 heteroatoms. The van der Waals surface area contributed by atoms with Crippen molar-refractivity contribution in [1.82, 2.24) is 0 Å². The zero-order valence-electron chi connectivity index (χ0n) is 39.2. The third-order valence-corrected chi connectivity index (χ3v) is 15.8. The number of hydrogen-bond donors (Lipinski definition) is 0. The average Bonchev–Trinajstić information content (AvgIpc) is 4.18. The van der Waals surface area contributed by atoms with Crippen molar-refractivity contribution >= 4 is 48.1 Å². The molecule has 4 saturated carbocycles. The molecule has 0 heterocycles. The first-order valence-electron chi connectivity index (χ1n) is 23.7. The molecule has 0 unspecified atom stereocenters. The second kappa shape index (κ2) is 22.4. The third-order valence-electron chi connectivity index (χ3n) is 15.0. The van der Waals surface area contributed by atoms with Crippen LogP contribution in [0.1, 0.15) is 104 Å². The first-order chi connectivity index (χ1) is 34.0. The Morgan fingerprint density at radius 1 is 0.521 bits per heavy atom. The molecule has 4 fully saturated rings. The summed E-state index contributed by atoms with van der Waals surface area (Å²) in [4.78, 5) is 0. The van der Waals surface area contributed by atoms with Gasteiger partial charge in [-0.3, -0.25) is 0 Å². The van der Waals surface area contributed by atoms with Crippen LogP contribution in [0.25, 0.3) is 43.8 Å². The molecule has 0 spiro atoms. The normalized spacial score (nSPS) is 21.6. The fourth-order valence-corrected chi connectivity index (χ4v) is 12.3. The SMILES string of the molecule is C[Si]CCC(F)(F)F.FC(F)(F)c1cc(-c2cccc3[cH-]c(CC45CCC(CC4)C5)cc23)cc(C(F)(F)F)c1.FC(F)(F)c1cc(-c2cccc3[cH-]c(CC45CCC(CC4)C5)cc23)cc(C(F)(F)F)c1.[Cl][Zr+2][Cl]. The summed E-state index contributed by atoms with van der Waals surface area (Å²) in [5, 5.41) is 3.10. The fourth-order valence-electron chi connectivity index (χ4n) is 11.8. The van der Waals surface area contributed by atoms with Crippen molar-refractivity contribution in [3.63, 3.8) is 0 Å². The van der Waals surface area contributed by atoms with Gasteiger partial charge in [0, 0.05) is 15.9 Å². The van der Waals surface area contributed by atoms with Gasteiger partial charge in [0.2, 0.25) is 0 Å². The Morgan fingerprint density at radius 2 is 0.849 bits per heavy atom. The monoisotopic (exact) mass is 1170 g/mol. The molecule has 4 bridgehead atoms. The fraction of sp³-hybridized carbons (Fsp3) is 0.444. The first-order valence-corrected chi connectivity index (χ1v) is 31.7. The Bertz CT molecular complexity index is 2570. The van der Waals surface area contributed by atoms with Gasteiger partial charge >= 0.3 is 68.8 Å². The van der Waals surface area contributed by atoms with Crippen molar-refractivity contribution in [2.24, 2.45) is 22.7 Å². The molecule has 392 valence electrons. The predicted octanol–water partition coefficient (Wildman–Crippen LogP) is 20.3. The molecule has 0 nitrogen and oxygen atoms in total. The molecule has 0 atom stereocenters. The van der Waals surface area contributed by atoms with E-state index in [0.717, 1.165) is 70.8 Å². The van der Waals surface area contributed by atoms with Crippen LogP contribution in [0.2, 0.25) is 12.6 Å². The van der Waals surface area contributed by atoms with Crippen LogP contribution in [-0.4, -0.2) is 15.7 Å². The van der Waals surface area contributed by atoms with Crippen LogP contribution in [0.15, 0.2) is 97.1 Å². The van der Waals surface area contributed by atoms with Gasteiger partial charge in [-0.05, 0) is 147 Å². The number of benzene rings is 4. The number of alkyl halides is 15. The molecule has 73 heavy (non-hydrogen) atoms. The summed E-state index contributed by atoms with van der Waals surface area (Å²) in [7, 11) is 10.3. The van der Waals surface area contributed by atoms with Crippen molar-refractivity contribution in [1.29, 1.82) is 0 Å². The van der Waals surface area contributed by atoms with Crippen LogP contribution < -0.4 is 0 Å². The molecular weight excluding hydrogens is 1120 g/mol. The molecule has 6 aromatic rings. The van der Waals surface area contributed by atoms with E-state index in [1.165, 1.54) is 64.2 Å². The van der Waals surface area contributed by atoms with Crippen molar-refractivity contribution < 1.29 is 86.7 Å². The summed E-state index contributed by atoms with van der Waals surface area (Å²) in [5.41, 5.74) is -1.63. The molecule has 0 aromatic heterocycles. The van der Waals surface area contributed by atoms with Crippen molar-refractivity contribution in [3.05, 3.63) is 130 Å². The molecule has 6 aromatic carbocycles. The van der Waals surface area contributed by atoms with E-state index in [-0.39, 0.29) is 29.3 Å². The first kappa shape index (κ1) is 57.4. The molecule has 2 radical (unpaired) electrons. The topological polar surface area (TPSA) is 0 Å². The molecule has 10 rings (SSSR count). The maximum atomic E-state index is 13.3. The van der Waals surface area contributed by atoms with E-state index < -0.39 is 80.4 Å². The number of rotatable bonds is 8. The third kappa shape index (κ3) is 14.4. The van der Waals surface area contributed by atoms with Gasteiger partial charge in [-0.15, -0.1) is 69.1 Å². The van der Waals surface area contributed by atoms with E-state index in [0.29, 0.717) is 42.2 Å². The standard InChI is InChI=1S/2C25H21F6.C4H7F3Si.2ClH.Zr/c2*26-24(27,28)19-10-18(11-20(12-19)25(29,30)31)21-3-1-2-17-8-16(9-22(17)21)14-23-6-4-15(13-23)5-7-23;1-8-3-2-4(5,6)7;;;/h2*1-3,8-12,15H,4-7,13-14H2;2-3H2,1H3;2*1H;/q2*-1;;;;+4/p-2. The van der Waals surface area contributed by atoms with Crippen LogP contribution in [0.4, 0.5) is 65.9 Å². The van der Waals surface area contributed by atoms with Crippen molar-refractivity contribution in [3.8, 4) is 22.3 Å². The zero-order valence-corrected chi connectivity index (χ0v) is 44.2. The number of halogens is 17. The summed E-state index contributed by atoms with van der Waals surface area (Å²) in [6, 6.07) is 22.2. The van der Waals surface area contributed by atoms with Gasteiger partial charge in [-0.25, -0.2) is 0 Å². The molecule has 0 saturated heterocycles. The summed E-state index contributed by atoms with van der Waals surface area (Å²) < 4.78 is 194. The van der Waals surface area contributed by atoms with Gasteiger partial charge in [0.15, 0.2) is 0 Å². The Kier molecular flexibility index (Phi) is 17.6. The Morgan fingerprint density at radius 3 is 1.10 bits per heavy atom. The van der Waals surface area contributed by atoms with Crippen LogP contribution in [-0.2, 0) is 58.4 Å². The van der Waals surface area contributed by atoms with E-state index in [1.807, 2.05) is 36.4 Å². The van der Waals surface area contributed by atoms with Crippen molar-refractivity contribution in [2.75, 3.05) is 0 Å². The Hall–Kier alpha value is -3.27. The molecule has 4 aliphatic rings. The molecular formula is C54H49Cl2F15SiZr. The molecule has 0 aliphatic heterocycles. The summed E-state index contributed by atoms with van der Waals surface area (Å²) in [5.74, 6) is 1.62.